The molecule has 542 valence electrons. The van der Waals surface area contributed by atoms with Gasteiger partial charge in [-0.25, -0.2) is 4.79 Å². The van der Waals surface area contributed by atoms with Crippen molar-refractivity contribution in [3.63, 3.8) is 0 Å². The van der Waals surface area contributed by atoms with E-state index in [0.717, 1.165) is 54.6 Å². The molecule has 0 aliphatic carbocycles. The first kappa shape index (κ1) is 74.5. The fourth-order valence-electron chi connectivity index (χ4n) is 12.5. The summed E-state index contributed by atoms with van der Waals surface area (Å²) in [4.78, 5) is 118. The van der Waals surface area contributed by atoms with E-state index in [0.29, 0.717) is 0 Å². The van der Waals surface area contributed by atoms with E-state index in [1.807, 2.05) is 13.8 Å². The molecule has 0 spiro atoms. The van der Waals surface area contributed by atoms with Crippen LogP contribution in [0.25, 0.3) is 11.1 Å². The average molecular weight is 1450 g/mol. The van der Waals surface area contributed by atoms with Gasteiger partial charge in [0.15, 0.2) is 23.8 Å². The summed E-state index contributed by atoms with van der Waals surface area (Å²) in [6.45, 7) is 5.60. The van der Waals surface area contributed by atoms with Crippen LogP contribution in [-0.4, -0.2) is 191 Å². The summed E-state index contributed by atoms with van der Waals surface area (Å²) in [6.07, 6.45) is -19.0. The molecule has 2 saturated heterocycles. The van der Waals surface area contributed by atoms with Gasteiger partial charge < -0.3 is 128 Å². The smallest absolute Gasteiger partial charge is 0.330 e. The Labute approximate surface area is 584 Å². The van der Waals surface area contributed by atoms with Gasteiger partial charge in [-0.2, -0.15) is 0 Å². The first-order chi connectivity index (χ1) is 47.7. The molecule has 33 nitrogen and oxygen atoms in total. The molecular weight excluding hydrogens is 1370 g/mol. The van der Waals surface area contributed by atoms with E-state index in [-0.39, 0.29) is 52.0 Å². The second kappa shape index (κ2) is 30.2. The Morgan fingerprint density at radius 3 is 1.93 bits per heavy atom. The van der Waals surface area contributed by atoms with Gasteiger partial charge in [0.1, 0.15) is 95.6 Å². The predicted octanol–water partition coefficient (Wildman–Crippen LogP) is 0.106. The Morgan fingerprint density at radius 2 is 1.33 bits per heavy atom. The summed E-state index contributed by atoms with van der Waals surface area (Å²) >= 11 is 14.2. The highest BCUT2D eigenvalue weighted by Crippen LogP contribution is 2.50. The Bertz CT molecular complexity index is 4070. The van der Waals surface area contributed by atoms with Gasteiger partial charge in [0.25, 0.3) is 0 Å². The number of carboxylic acid groups (broad SMARTS) is 1. The van der Waals surface area contributed by atoms with Crippen LogP contribution in [0.4, 0.5) is 0 Å². The summed E-state index contributed by atoms with van der Waals surface area (Å²) in [5, 5.41) is 129. The van der Waals surface area contributed by atoms with Crippen LogP contribution in [0.2, 0.25) is 10.0 Å². The lowest BCUT2D eigenvalue weighted by Crippen LogP contribution is -2.61. The summed E-state index contributed by atoms with van der Waals surface area (Å²) in [5.41, 5.74) is 8.15. The number of ether oxygens (including phenoxy) is 6. The van der Waals surface area contributed by atoms with Crippen LogP contribution < -0.4 is 62.9 Å². The van der Waals surface area contributed by atoms with Crippen molar-refractivity contribution in [1.29, 1.82) is 0 Å². The molecule has 2 fully saturated rings. The molecule has 5 aromatic rings. The quantitative estimate of drug-likeness (QED) is 0.0743. The molecule has 11 bridgehead atoms. The normalized spacial score (nSPS) is 29.4. The first-order valence-electron chi connectivity index (χ1n) is 31.6. The predicted molar refractivity (Wildman–Crippen MR) is 349 cm³/mol. The number of carbonyl (C=O) groups excluding carboxylic acids is 7. The van der Waals surface area contributed by atoms with Gasteiger partial charge in [-0.1, -0.05) is 55.2 Å². The SMILES string of the molecule is CN[C@H](CC(C)C)C(=O)N[C@H]1C(=O)N[C@@H](CC(N)=O)C(=O)N[C@H]2C(=O)N[C@H]3C(=O)N[C@H](C(=O)N[C@H](C(=O)O)c4cc(O)cc(O)c4-c4cc3ccc4O)[C@H](O[C@H]3C[C@](C)(N)[C@@H](O)[C@@H](C)O3)c3ccc(c(Cl)c3)Oc3cc2cc(c3O[C@@H]2O[C@H](CO)[C@H](O)[C@@H](O)[C@H]2O)Oc2ccc(cc2Cl)[C@H]1O. The lowest BCUT2D eigenvalue weighted by molar-refractivity contribution is -0.277. The van der Waals surface area contributed by atoms with Crippen molar-refractivity contribution < 1.29 is 118 Å². The number of hydrogen-bond donors (Lipinski definition) is 19. The molecule has 5 aromatic carbocycles. The number of halogens is 2. The van der Waals surface area contributed by atoms with Crippen molar-refractivity contribution in [3.05, 3.63) is 117 Å². The molecule has 7 amide bonds. The van der Waals surface area contributed by atoms with Gasteiger partial charge in [-0.15, -0.1) is 0 Å². The molecule has 101 heavy (non-hydrogen) atoms. The molecule has 0 unspecified atom stereocenters. The summed E-state index contributed by atoms with van der Waals surface area (Å²) in [7, 11) is 1.47. The number of phenols is 3. The van der Waals surface area contributed by atoms with E-state index in [1.54, 1.807) is 0 Å². The van der Waals surface area contributed by atoms with Crippen molar-refractivity contribution in [2.45, 2.75) is 156 Å². The van der Waals surface area contributed by atoms with Crippen molar-refractivity contribution in [2.24, 2.45) is 17.4 Å². The van der Waals surface area contributed by atoms with Crippen LogP contribution in [0, 0.1) is 5.92 Å². The minimum absolute atomic E-state index is 0.0953. The standard InChI is InChI=1S/C66H75Cl2N9O24/c1-23(2)12-34(71-5)58(88)76-49-51(83)26-7-10-38(32(67)14-26)97-40-16-28-17-41(56(40)101-65-54(86)53(85)52(84)42(22-78)99-65)98-39-11-8-27(15-33(39)68)55(100-44-21-66(4,70)57(87)24(3)96-44)50-63(93)75-48(64(94)95)31-18-29(79)19-37(81)45(31)30-13-25(6-9-36(30)80)46(60(90)77-50)74-61(91)47(28)73-59(89)35(20-43(69)82)72-62(49)92/h6-11,13-19,23-24,34-35,42,44,46-55,57,65,71,78-81,83-87H,12,20-22,70H2,1-5H3,(H2,69,82)(H,72,92)(H,73,89)(H,74,91)(H,75,93)(H,76,88)(H,77,90)(H,94,95)/t24-,34-,35+,42-,44+,46-,47-,48+,49-,50+,51-,52+,53-,54-,55-,57+,65+,66+/m1/s1. The maximum absolute atomic E-state index is 16.1. The van der Waals surface area contributed by atoms with E-state index in [2.05, 4.69) is 37.2 Å². The van der Waals surface area contributed by atoms with E-state index < -0.39 is 231 Å². The van der Waals surface area contributed by atoms with Gasteiger partial charge >= 0.3 is 5.97 Å². The number of hydrogen-bond acceptors (Lipinski definition) is 25. The van der Waals surface area contributed by atoms with Crippen LogP contribution in [0.5, 0.6) is 46.0 Å². The second-order valence-electron chi connectivity index (χ2n) is 25.7. The Morgan fingerprint density at radius 1 is 0.713 bits per heavy atom. The zero-order valence-corrected chi connectivity index (χ0v) is 55.8. The minimum Gasteiger partial charge on any atom is -0.508 e. The van der Waals surface area contributed by atoms with E-state index in [9.17, 15) is 70.2 Å². The maximum atomic E-state index is 16.1. The van der Waals surface area contributed by atoms with Crippen LogP contribution in [-0.2, 0) is 52.6 Å². The van der Waals surface area contributed by atoms with Crippen LogP contribution in [0.15, 0.2) is 78.9 Å². The van der Waals surface area contributed by atoms with Crippen molar-refractivity contribution in [2.75, 3.05) is 13.7 Å². The molecule has 7 aliphatic heterocycles. The molecule has 0 radical (unpaired) electrons. The molecule has 18 atom stereocenters. The Hall–Kier alpha value is -9.20. The number of benzene rings is 5. The van der Waals surface area contributed by atoms with E-state index in [1.165, 1.54) is 45.2 Å². The number of carboxylic acids is 1. The largest absolute Gasteiger partial charge is 0.508 e. The van der Waals surface area contributed by atoms with E-state index in [4.69, 9.17) is 63.1 Å². The number of fused-ring (bicyclic) bond motifs is 15. The monoisotopic (exact) mass is 1450 g/mol. The zero-order chi connectivity index (χ0) is 73.5. The topological polar surface area (TPSA) is 530 Å². The third-order valence-electron chi connectivity index (χ3n) is 17.8. The number of aliphatic carboxylic acids is 1. The highest BCUT2D eigenvalue weighted by Gasteiger charge is 2.49. The third-order valence-corrected chi connectivity index (χ3v) is 18.4. The molecule has 0 aromatic heterocycles. The zero-order valence-electron chi connectivity index (χ0n) is 54.3. The fourth-order valence-corrected chi connectivity index (χ4v) is 12.9. The number of phenolic OH excluding ortho intramolecular Hbond substituents is 3. The van der Waals surface area contributed by atoms with Gasteiger partial charge in [0.2, 0.25) is 53.4 Å². The number of primary amides is 1. The molecule has 0 saturated carbocycles. The second-order valence-corrected chi connectivity index (χ2v) is 26.5. The van der Waals surface area contributed by atoms with Gasteiger partial charge in [-0.3, -0.25) is 33.6 Å². The molecular formula is C66H75Cl2N9O24. The average Bonchev–Trinajstić information content (AvgIpc) is 0.770. The number of aromatic hydroxyl groups is 3. The number of nitrogens with two attached hydrogens (primary N) is 2. The molecule has 7 aliphatic rings. The lowest BCUT2D eigenvalue weighted by Gasteiger charge is -2.44. The number of nitrogens with one attached hydrogen (secondary N) is 7. The van der Waals surface area contributed by atoms with E-state index >= 15 is 19.2 Å². The highest BCUT2D eigenvalue weighted by atomic mass is 35.5. The van der Waals surface area contributed by atoms with Crippen molar-refractivity contribution in [3.8, 4) is 57.1 Å². The number of carbonyl (C=O) groups is 8. The summed E-state index contributed by atoms with van der Waals surface area (Å²) in [6, 6.07) is -0.386. The minimum atomic E-state index is -2.35. The molecule has 21 N–H and O–H groups in total. The highest BCUT2D eigenvalue weighted by molar-refractivity contribution is 6.32. The number of amides is 7. The van der Waals surface area contributed by atoms with Crippen molar-refractivity contribution >= 4 is 70.5 Å². The lowest BCUT2D eigenvalue weighted by atomic mass is 9.86. The molecule has 7 heterocycles. The van der Waals surface area contributed by atoms with Gasteiger partial charge in [-0.05, 0) is 110 Å². The Kier molecular flexibility index (Phi) is 22.2. The van der Waals surface area contributed by atoms with Gasteiger partial charge in [0, 0.05) is 34.7 Å². The Balaban J connectivity index is 1.26. The number of aliphatic hydroxyl groups excluding tert-OH is 6. The van der Waals surface area contributed by atoms with Crippen molar-refractivity contribution in [1.82, 2.24) is 37.2 Å². The maximum Gasteiger partial charge on any atom is 0.330 e. The van der Waals surface area contributed by atoms with Crippen LogP contribution in [0.3, 0.4) is 0 Å². The van der Waals surface area contributed by atoms with Crippen LogP contribution >= 0.6 is 23.2 Å². The molecule has 35 heteroatoms. The number of rotatable bonds is 13. The van der Waals surface area contributed by atoms with Crippen LogP contribution in [0.1, 0.15) is 105 Å². The number of likely N-dealkylation sites (N-methyl/N-ethyl adjacent to an activating group) is 1. The number of aliphatic hydroxyl groups is 6. The van der Waals surface area contributed by atoms with Gasteiger partial charge in [0.05, 0.1) is 41.3 Å². The first-order valence-corrected chi connectivity index (χ1v) is 32.4. The summed E-state index contributed by atoms with van der Waals surface area (Å²) < 4.78 is 38.0. The summed E-state index contributed by atoms with van der Waals surface area (Å²) in [5.74, 6) is -16.0. The fraction of sp³-hybridized carbons (Fsp3) is 0.424. The molecule has 12 rings (SSSR count). The third kappa shape index (κ3) is 15.8.